The highest BCUT2D eigenvalue weighted by Crippen LogP contribution is 2.21. The van der Waals surface area contributed by atoms with Gasteiger partial charge in [-0.25, -0.2) is 0 Å². The third-order valence-electron chi connectivity index (χ3n) is 3.38. The summed E-state index contributed by atoms with van der Waals surface area (Å²) in [5, 5.41) is 5.13. The summed E-state index contributed by atoms with van der Waals surface area (Å²) in [5.41, 5.74) is 0.287. The van der Waals surface area contributed by atoms with Gasteiger partial charge in [-0.1, -0.05) is 12.1 Å². The number of aromatic nitrogens is 3. The van der Waals surface area contributed by atoms with Crippen molar-refractivity contribution in [3.05, 3.63) is 54.6 Å². The lowest BCUT2D eigenvalue weighted by Crippen LogP contribution is -2.07. The smallest absolute Gasteiger partial charge is 0.315 e. The zero-order valence-electron chi connectivity index (χ0n) is 14.2. The van der Waals surface area contributed by atoms with Crippen LogP contribution in [0.5, 0.6) is 0 Å². The topological polar surface area (TPSA) is 171 Å². The first-order chi connectivity index (χ1) is 13.5. The van der Waals surface area contributed by atoms with Gasteiger partial charge in [-0.2, -0.15) is 36.2 Å². The highest BCUT2D eigenvalue weighted by molar-refractivity contribution is 7.86. The second kappa shape index (κ2) is 7.67. The summed E-state index contributed by atoms with van der Waals surface area (Å²) in [6.45, 7) is 0. The van der Waals surface area contributed by atoms with Gasteiger partial charge in [0.15, 0.2) is 0 Å². The van der Waals surface area contributed by atoms with Crippen molar-refractivity contribution >= 4 is 43.5 Å². The predicted molar refractivity (Wildman–Crippen MR) is 98.9 cm³/mol. The van der Waals surface area contributed by atoms with Crippen molar-refractivity contribution < 1.29 is 30.3 Å². The summed E-state index contributed by atoms with van der Waals surface area (Å²) in [7, 11) is -8.88. The van der Waals surface area contributed by atoms with E-state index in [4.69, 9.17) is 9.11 Å². The first-order valence-corrected chi connectivity index (χ1v) is 10.5. The van der Waals surface area contributed by atoms with Crippen LogP contribution in [0.2, 0.25) is 0 Å². The van der Waals surface area contributed by atoms with Crippen molar-refractivity contribution in [2.45, 2.75) is 9.79 Å². The Morgan fingerprint density at radius 3 is 1.52 bits per heavy atom. The van der Waals surface area contributed by atoms with E-state index in [-0.39, 0.29) is 23.3 Å². The van der Waals surface area contributed by atoms with Crippen LogP contribution in [-0.2, 0) is 20.2 Å². The van der Waals surface area contributed by atoms with Crippen LogP contribution in [-0.4, -0.2) is 40.9 Å². The summed E-state index contributed by atoms with van der Waals surface area (Å²) in [6, 6.07) is 10.0. The highest BCUT2D eigenvalue weighted by Gasteiger charge is 2.13. The van der Waals surface area contributed by atoms with E-state index in [2.05, 4.69) is 25.6 Å². The van der Waals surface area contributed by atoms with Crippen LogP contribution < -0.4 is 10.6 Å². The second-order valence-electron chi connectivity index (χ2n) is 5.51. The van der Waals surface area contributed by atoms with Gasteiger partial charge in [-0.15, -0.1) is 0 Å². The fourth-order valence-electron chi connectivity index (χ4n) is 2.19. The maximum Gasteiger partial charge on any atom is 0.315 e. The number of benzene rings is 2. The van der Waals surface area contributed by atoms with E-state index in [9.17, 15) is 21.2 Å². The lowest BCUT2D eigenvalue weighted by molar-refractivity contribution is 0.481. The molecule has 4 N–H and O–H groups in total. The van der Waals surface area contributed by atoms with Crippen molar-refractivity contribution in [3.63, 3.8) is 0 Å². The standard InChI is InChI=1S/C15H12FN5O6S2/c16-13-19-14(17-9-3-1-5-11(7-9)28(22,23)24)21-15(20-13)18-10-4-2-6-12(8-10)29(25,26)27/h1-8H,(H,22,23,24)(H,25,26,27)(H2,17,18,19,20,21). The molecule has 0 aliphatic rings. The first-order valence-electron chi connectivity index (χ1n) is 7.61. The minimum atomic E-state index is -4.44. The molecule has 29 heavy (non-hydrogen) atoms. The summed E-state index contributed by atoms with van der Waals surface area (Å²) in [5.74, 6) is -0.586. The molecule has 152 valence electrons. The number of anilines is 4. The molecule has 2 aromatic carbocycles. The third-order valence-corrected chi connectivity index (χ3v) is 5.08. The van der Waals surface area contributed by atoms with Gasteiger partial charge >= 0.3 is 6.08 Å². The monoisotopic (exact) mass is 441 g/mol. The molecule has 0 amide bonds. The number of rotatable bonds is 6. The van der Waals surface area contributed by atoms with Crippen molar-refractivity contribution in [3.8, 4) is 0 Å². The lowest BCUT2D eigenvalue weighted by Gasteiger charge is -2.09. The summed E-state index contributed by atoms with van der Waals surface area (Å²) in [4.78, 5) is 9.98. The summed E-state index contributed by atoms with van der Waals surface area (Å²) < 4.78 is 76.7. The molecule has 0 radical (unpaired) electrons. The molecule has 0 aliphatic heterocycles. The Kier molecular flexibility index (Phi) is 5.43. The Labute approximate surface area is 164 Å². The zero-order chi connectivity index (χ0) is 21.2. The molecule has 0 saturated heterocycles. The Balaban J connectivity index is 1.88. The van der Waals surface area contributed by atoms with Crippen molar-refractivity contribution in [2.24, 2.45) is 0 Å². The minimum Gasteiger partial charge on any atom is -0.324 e. The molecule has 14 heteroatoms. The summed E-state index contributed by atoms with van der Waals surface area (Å²) >= 11 is 0. The number of halogens is 1. The van der Waals surface area contributed by atoms with Crippen molar-refractivity contribution in [2.75, 3.05) is 10.6 Å². The van der Waals surface area contributed by atoms with Gasteiger partial charge in [0.05, 0.1) is 9.79 Å². The summed E-state index contributed by atoms with van der Waals surface area (Å²) in [6.07, 6.45) is -1.18. The molecule has 3 rings (SSSR count). The Bertz CT molecular complexity index is 1190. The van der Waals surface area contributed by atoms with Crippen LogP contribution in [0.4, 0.5) is 27.7 Å². The van der Waals surface area contributed by atoms with Crippen LogP contribution in [0.25, 0.3) is 0 Å². The zero-order valence-corrected chi connectivity index (χ0v) is 15.8. The molecule has 0 aliphatic carbocycles. The van der Waals surface area contributed by atoms with Crippen molar-refractivity contribution in [1.82, 2.24) is 15.0 Å². The normalized spacial score (nSPS) is 11.8. The number of nitrogens with zero attached hydrogens (tertiary/aromatic N) is 3. The molecule has 0 bridgehead atoms. The molecule has 1 aromatic heterocycles. The van der Waals surface area contributed by atoms with Gasteiger partial charge in [0.1, 0.15) is 0 Å². The number of nitrogens with one attached hydrogen (secondary N) is 2. The first kappa shape index (κ1) is 20.5. The second-order valence-corrected chi connectivity index (χ2v) is 8.35. The van der Waals surface area contributed by atoms with Gasteiger partial charge in [0, 0.05) is 11.4 Å². The Morgan fingerprint density at radius 1 is 0.724 bits per heavy atom. The highest BCUT2D eigenvalue weighted by atomic mass is 32.2. The molecule has 3 aromatic rings. The van der Waals surface area contributed by atoms with Gasteiger partial charge in [0.2, 0.25) is 11.9 Å². The van der Waals surface area contributed by atoms with E-state index in [0.717, 1.165) is 24.3 Å². The third kappa shape index (κ3) is 5.41. The van der Waals surface area contributed by atoms with E-state index < -0.39 is 36.1 Å². The van der Waals surface area contributed by atoms with Crippen molar-refractivity contribution in [1.29, 1.82) is 0 Å². The maximum absolute atomic E-state index is 13.8. The van der Waals surface area contributed by atoms with Gasteiger partial charge in [0.25, 0.3) is 20.2 Å². The largest absolute Gasteiger partial charge is 0.324 e. The lowest BCUT2D eigenvalue weighted by atomic mass is 10.3. The predicted octanol–water partition coefficient (Wildman–Crippen LogP) is 1.99. The van der Waals surface area contributed by atoms with Gasteiger partial charge < -0.3 is 10.6 Å². The van der Waals surface area contributed by atoms with Gasteiger partial charge in [-0.3, -0.25) is 9.11 Å². The molecule has 0 saturated carbocycles. The SMILES string of the molecule is O=S(=O)(O)c1cccc(Nc2nc(F)nc(Nc3cccc(S(=O)(=O)O)c3)n2)c1. The fourth-order valence-corrected chi connectivity index (χ4v) is 3.24. The van der Waals surface area contributed by atoms with Gasteiger partial charge in [-0.05, 0) is 36.4 Å². The van der Waals surface area contributed by atoms with E-state index in [0.29, 0.717) is 0 Å². The van der Waals surface area contributed by atoms with E-state index in [1.54, 1.807) is 0 Å². The molecule has 11 nitrogen and oxygen atoms in total. The minimum absolute atomic E-state index is 0.144. The number of hydrogen-bond acceptors (Lipinski definition) is 9. The van der Waals surface area contributed by atoms with E-state index in [1.807, 2.05) is 0 Å². The molecule has 0 atom stereocenters. The van der Waals surface area contributed by atoms with Crippen LogP contribution in [0.3, 0.4) is 0 Å². The molecular weight excluding hydrogens is 429 g/mol. The van der Waals surface area contributed by atoms with Crippen LogP contribution in [0.1, 0.15) is 0 Å². The van der Waals surface area contributed by atoms with Crippen LogP contribution in [0, 0.1) is 6.08 Å². The van der Waals surface area contributed by atoms with E-state index >= 15 is 0 Å². The average molecular weight is 441 g/mol. The number of hydrogen-bond donors (Lipinski definition) is 4. The average Bonchev–Trinajstić information content (AvgIpc) is 2.60. The Hall–Kier alpha value is -3.20. The quantitative estimate of drug-likeness (QED) is 0.412. The molecule has 0 spiro atoms. The fraction of sp³-hybridized carbons (Fsp3) is 0. The van der Waals surface area contributed by atoms with Crippen LogP contribution >= 0.6 is 0 Å². The molecule has 0 unspecified atom stereocenters. The van der Waals surface area contributed by atoms with E-state index in [1.165, 1.54) is 24.3 Å². The maximum atomic E-state index is 13.8. The molecule has 0 fully saturated rings. The Morgan fingerprint density at radius 2 is 1.14 bits per heavy atom. The molecular formula is C15H12FN5O6S2. The molecule has 1 heterocycles. The van der Waals surface area contributed by atoms with Crippen LogP contribution in [0.15, 0.2) is 58.3 Å².